The molecule has 0 spiro atoms. The third kappa shape index (κ3) is 5.01. The van der Waals surface area contributed by atoms with Gasteiger partial charge < -0.3 is 20.1 Å². The lowest BCUT2D eigenvalue weighted by molar-refractivity contribution is -0.135. The Balaban J connectivity index is 1.36. The van der Waals surface area contributed by atoms with E-state index in [0.717, 1.165) is 17.0 Å². The highest BCUT2D eigenvalue weighted by Crippen LogP contribution is 2.65. The number of Topliss-reactive ketones (excluding diaryl/α,β-unsaturated/α-hetero) is 1. The van der Waals surface area contributed by atoms with Gasteiger partial charge in [0.1, 0.15) is 11.3 Å². The molecule has 0 bridgehead atoms. The van der Waals surface area contributed by atoms with Gasteiger partial charge in [0, 0.05) is 33.5 Å². The second-order valence-electron chi connectivity index (χ2n) is 13.9. The summed E-state index contributed by atoms with van der Waals surface area (Å²) in [4.78, 5) is 71.5. The molecule has 266 valence electrons. The van der Waals surface area contributed by atoms with Crippen LogP contribution in [0.25, 0.3) is 5.57 Å². The Labute approximate surface area is 312 Å². The molecule has 2 fully saturated rings. The number of phenolic OH excluding ortho intramolecular Hbond substituents is 1. The molecule has 2 amide bonds. The third-order valence-corrected chi connectivity index (χ3v) is 11.9. The maximum atomic E-state index is 15.2. The number of carbonyl (C=O) groups is 5. The van der Waals surface area contributed by atoms with Gasteiger partial charge in [-0.1, -0.05) is 88.2 Å². The summed E-state index contributed by atoms with van der Waals surface area (Å²) < 4.78 is 6.11. The zero-order chi connectivity index (χ0) is 37.3. The molecular formula is C42H32BrNO9. The van der Waals surface area contributed by atoms with Gasteiger partial charge in [0.05, 0.1) is 30.0 Å². The van der Waals surface area contributed by atoms with E-state index in [4.69, 9.17) is 4.74 Å². The fourth-order valence-electron chi connectivity index (χ4n) is 9.28. The smallest absolute Gasteiger partial charge is 0.339 e. The topological polar surface area (TPSA) is 159 Å². The largest absolute Gasteiger partial charge is 0.507 e. The fraction of sp³-hybridized carbons (Fsp3) is 0.214. The van der Waals surface area contributed by atoms with Crippen LogP contribution in [-0.4, -0.2) is 51.8 Å². The molecule has 4 aromatic carbocycles. The lowest BCUT2D eigenvalue weighted by atomic mass is 9.44. The van der Waals surface area contributed by atoms with E-state index in [0.29, 0.717) is 26.7 Å². The molecule has 0 radical (unpaired) electrons. The molecule has 8 rings (SSSR count). The van der Waals surface area contributed by atoms with Crippen molar-refractivity contribution in [3.05, 3.63) is 135 Å². The number of ketones is 2. The molecule has 11 heteroatoms. The summed E-state index contributed by atoms with van der Waals surface area (Å²) in [6, 6.07) is 24.8. The molecule has 4 aromatic rings. The fourth-order valence-corrected chi connectivity index (χ4v) is 9.74. The number of ether oxygens (including phenoxy) is 1. The minimum atomic E-state index is -1.56. The Hall–Kier alpha value is -5.81. The Morgan fingerprint density at radius 1 is 0.887 bits per heavy atom. The van der Waals surface area contributed by atoms with Crippen LogP contribution in [0.2, 0.25) is 0 Å². The van der Waals surface area contributed by atoms with E-state index in [1.54, 1.807) is 48.5 Å². The van der Waals surface area contributed by atoms with Gasteiger partial charge in [0.2, 0.25) is 11.8 Å². The number of phenols is 2. The number of anilines is 1. The average Bonchev–Trinajstić information content (AvgIpc) is 3.42. The Kier molecular flexibility index (Phi) is 8.21. The first-order chi connectivity index (χ1) is 25.5. The highest BCUT2D eigenvalue weighted by Gasteiger charge is 2.66. The summed E-state index contributed by atoms with van der Waals surface area (Å²) in [7, 11) is 1.41. The molecule has 6 unspecified atom stereocenters. The van der Waals surface area contributed by atoms with Gasteiger partial charge in [-0.3, -0.25) is 19.2 Å². The van der Waals surface area contributed by atoms with Crippen molar-refractivity contribution in [3.8, 4) is 17.2 Å². The number of allylic oxidation sites excluding steroid dienone is 4. The van der Waals surface area contributed by atoms with Crippen LogP contribution in [0.3, 0.4) is 0 Å². The van der Waals surface area contributed by atoms with E-state index in [1.165, 1.54) is 19.3 Å². The van der Waals surface area contributed by atoms with E-state index in [1.807, 2.05) is 30.3 Å². The first-order valence-electron chi connectivity index (χ1n) is 17.1. The van der Waals surface area contributed by atoms with Crippen LogP contribution < -0.4 is 9.64 Å². The van der Waals surface area contributed by atoms with E-state index in [2.05, 4.69) is 15.9 Å². The standard InChI is InChI=1S/C42H32BrNO9/c1-53-33-17-23(43)16-30(38(33)48)36-25-14-15-27-35(40(50)44(39(27)49)24-12-13-26(41(51)52)32(45)18-24)29(25)19-31-37(47)28(21-8-4-2-5-9-21)20-34(46)42(31,36)22-10-6-3-7-11-22/h2-14,16-18,20,27,29,31,35-36,45,48H,15,19H2,1H3,(H,51,52). The number of hydrogen-bond acceptors (Lipinski definition) is 8. The minimum absolute atomic E-state index is 0.0250. The number of hydrogen-bond donors (Lipinski definition) is 3. The van der Waals surface area contributed by atoms with Crippen LogP contribution in [0, 0.1) is 23.7 Å². The van der Waals surface area contributed by atoms with E-state index in [-0.39, 0.29) is 52.7 Å². The summed E-state index contributed by atoms with van der Waals surface area (Å²) in [6.07, 6.45) is 3.46. The van der Waals surface area contributed by atoms with Crippen LogP contribution in [-0.2, 0) is 24.6 Å². The molecule has 1 saturated heterocycles. The number of aromatic hydroxyl groups is 2. The van der Waals surface area contributed by atoms with Crippen molar-refractivity contribution in [1.29, 1.82) is 0 Å². The Morgan fingerprint density at radius 2 is 1.58 bits per heavy atom. The van der Waals surface area contributed by atoms with Gasteiger partial charge in [-0.2, -0.15) is 0 Å². The number of methoxy groups -OCH3 is 1. The lowest BCUT2D eigenvalue weighted by Crippen LogP contribution is -2.58. The number of halogens is 1. The zero-order valence-electron chi connectivity index (χ0n) is 28.2. The molecule has 53 heavy (non-hydrogen) atoms. The number of fused-ring (bicyclic) bond motifs is 4. The average molecular weight is 775 g/mol. The van der Waals surface area contributed by atoms with Crippen molar-refractivity contribution in [2.75, 3.05) is 12.0 Å². The van der Waals surface area contributed by atoms with Gasteiger partial charge in [-0.15, -0.1) is 0 Å². The van der Waals surface area contributed by atoms with Crippen LogP contribution in [0.15, 0.2) is 113 Å². The first kappa shape index (κ1) is 34.3. The normalized spacial score (nSPS) is 26.3. The molecule has 0 aromatic heterocycles. The maximum Gasteiger partial charge on any atom is 0.339 e. The maximum absolute atomic E-state index is 15.2. The van der Waals surface area contributed by atoms with Gasteiger partial charge in [-0.25, -0.2) is 9.69 Å². The molecule has 6 atom stereocenters. The SMILES string of the molecule is COc1cc(Br)cc(C2C3=CCC4C(=O)N(c5ccc(C(=O)O)c(O)c5)C(=O)C4C3CC3C(=O)C(c4ccccc4)=CC(=O)C32c2ccccc2)c1O. The number of aromatic carboxylic acids is 1. The van der Waals surface area contributed by atoms with E-state index >= 15 is 9.59 Å². The number of nitrogens with zero attached hydrogens (tertiary/aromatic N) is 1. The zero-order valence-corrected chi connectivity index (χ0v) is 29.8. The summed E-state index contributed by atoms with van der Waals surface area (Å²) in [5.74, 6) is -8.24. The van der Waals surface area contributed by atoms with Gasteiger partial charge >= 0.3 is 5.97 Å². The number of imide groups is 1. The third-order valence-electron chi connectivity index (χ3n) is 11.4. The van der Waals surface area contributed by atoms with Crippen molar-refractivity contribution in [2.24, 2.45) is 23.7 Å². The number of rotatable bonds is 6. The number of carboxylic acid groups (broad SMARTS) is 1. The quantitative estimate of drug-likeness (QED) is 0.145. The van der Waals surface area contributed by atoms with Crippen molar-refractivity contribution in [2.45, 2.75) is 24.2 Å². The van der Waals surface area contributed by atoms with E-state index < -0.39 is 58.5 Å². The van der Waals surface area contributed by atoms with Crippen molar-refractivity contribution in [3.63, 3.8) is 0 Å². The van der Waals surface area contributed by atoms with Crippen LogP contribution in [0.5, 0.6) is 17.2 Å². The molecule has 3 N–H and O–H groups in total. The molecule has 3 aliphatic carbocycles. The number of amides is 2. The van der Waals surface area contributed by atoms with Crippen molar-refractivity contribution >= 4 is 56.5 Å². The van der Waals surface area contributed by atoms with Crippen molar-refractivity contribution in [1.82, 2.24) is 0 Å². The van der Waals surface area contributed by atoms with E-state index in [9.17, 15) is 29.7 Å². The summed E-state index contributed by atoms with van der Waals surface area (Å²) in [6.45, 7) is 0. The van der Waals surface area contributed by atoms with Crippen molar-refractivity contribution < 1.29 is 44.0 Å². The highest BCUT2D eigenvalue weighted by molar-refractivity contribution is 9.10. The predicted octanol–water partition coefficient (Wildman–Crippen LogP) is 6.60. The molecule has 1 aliphatic heterocycles. The number of carbonyl (C=O) groups excluding carboxylic acids is 4. The Bertz CT molecular complexity index is 2320. The van der Waals surface area contributed by atoms with Crippen LogP contribution in [0.1, 0.15) is 45.8 Å². The lowest BCUT2D eigenvalue weighted by Gasteiger charge is -2.55. The van der Waals surface area contributed by atoms with Gasteiger partial charge in [-0.05, 0) is 60.2 Å². The summed E-state index contributed by atoms with van der Waals surface area (Å²) in [5, 5.41) is 31.8. The highest BCUT2D eigenvalue weighted by atomic mass is 79.9. The minimum Gasteiger partial charge on any atom is -0.507 e. The molecular weight excluding hydrogens is 742 g/mol. The summed E-state index contributed by atoms with van der Waals surface area (Å²) in [5.41, 5.74) is 0.435. The molecule has 4 aliphatic rings. The monoisotopic (exact) mass is 773 g/mol. The molecule has 10 nitrogen and oxygen atoms in total. The van der Waals surface area contributed by atoms with Crippen LogP contribution in [0.4, 0.5) is 5.69 Å². The second-order valence-corrected chi connectivity index (χ2v) is 14.8. The van der Waals surface area contributed by atoms with Gasteiger partial charge in [0.15, 0.2) is 23.1 Å². The molecule has 1 heterocycles. The number of benzene rings is 4. The number of carboxylic acids is 1. The predicted molar refractivity (Wildman–Crippen MR) is 196 cm³/mol. The van der Waals surface area contributed by atoms with Gasteiger partial charge in [0.25, 0.3) is 0 Å². The molecule has 1 saturated carbocycles. The van der Waals surface area contributed by atoms with Crippen LogP contribution >= 0.6 is 15.9 Å². The second kappa shape index (κ2) is 12.7. The Morgan fingerprint density at radius 3 is 2.25 bits per heavy atom. The summed E-state index contributed by atoms with van der Waals surface area (Å²) >= 11 is 3.55. The first-order valence-corrected chi connectivity index (χ1v) is 17.9.